The lowest BCUT2D eigenvalue weighted by atomic mass is 10.2. The molecule has 1 aliphatic heterocycles. The van der Waals surface area contributed by atoms with Crippen molar-refractivity contribution in [3.05, 3.63) is 76.2 Å². The molecule has 1 aromatic carbocycles. The normalized spacial score (nSPS) is 16.6. The number of anilines is 2. The fourth-order valence-corrected chi connectivity index (χ4v) is 4.11. The van der Waals surface area contributed by atoms with Crippen LogP contribution in [0.25, 0.3) is 11.2 Å². The van der Waals surface area contributed by atoms with Crippen molar-refractivity contribution in [2.24, 2.45) is 0 Å². The summed E-state index contributed by atoms with van der Waals surface area (Å²) in [7, 11) is 0. The minimum absolute atomic E-state index is 0.119. The first-order valence-corrected chi connectivity index (χ1v) is 9.71. The molecule has 9 heteroatoms. The van der Waals surface area contributed by atoms with Gasteiger partial charge in [-0.2, -0.15) is 5.10 Å². The Balaban J connectivity index is 1.74. The topological polar surface area (TPSA) is 94.3 Å². The van der Waals surface area contributed by atoms with Gasteiger partial charge in [-0.15, -0.1) is 0 Å². The molecule has 0 aliphatic carbocycles. The molecule has 5 rings (SSSR count). The van der Waals surface area contributed by atoms with Gasteiger partial charge in [0.15, 0.2) is 11.6 Å². The quantitative estimate of drug-likeness (QED) is 0.561. The van der Waals surface area contributed by atoms with Crippen molar-refractivity contribution in [3.63, 3.8) is 0 Å². The van der Waals surface area contributed by atoms with Gasteiger partial charge in [0, 0.05) is 12.7 Å². The van der Waals surface area contributed by atoms with Crippen LogP contribution in [0.2, 0.25) is 5.02 Å². The number of hydrogen-bond donors (Lipinski definition) is 1. The molecule has 0 amide bonds. The van der Waals surface area contributed by atoms with Gasteiger partial charge in [-0.3, -0.25) is 9.36 Å². The molecule has 4 heterocycles. The molecule has 0 unspecified atom stereocenters. The summed E-state index contributed by atoms with van der Waals surface area (Å²) in [6.07, 6.45) is 4.91. The molecule has 0 saturated carbocycles. The van der Waals surface area contributed by atoms with Gasteiger partial charge >= 0.3 is 0 Å². The first-order valence-electron chi connectivity index (χ1n) is 9.33. The number of nitrogens with two attached hydrogens (primary N) is 1. The maximum Gasteiger partial charge on any atom is 0.282 e. The second-order valence-electron chi connectivity index (χ2n) is 6.92. The predicted molar refractivity (Wildman–Crippen MR) is 112 cm³/mol. The highest BCUT2D eigenvalue weighted by molar-refractivity contribution is 6.35. The first kappa shape index (κ1) is 17.7. The maximum atomic E-state index is 13.3. The monoisotopic (exact) mass is 407 g/mol. The third-order valence-corrected chi connectivity index (χ3v) is 5.59. The van der Waals surface area contributed by atoms with Crippen LogP contribution >= 0.6 is 11.6 Å². The summed E-state index contributed by atoms with van der Waals surface area (Å²) in [5.74, 6) is 1.43. The molecule has 146 valence electrons. The highest BCUT2D eigenvalue weighted by Gasteiger charge is 2.33. The van der Waals surface area contributed by atoms with Gasteiger partial charge in [0.2, 0.25) is 0 Å². The molecule has 0 radical (unpaired) electrons. The van der Waals surface area contributed by atoms with E-state index in [0.717, 1.165) is 25.1 Å². The van der Waals surface area contributed by atoms with Gasteiger partial charge in [-0.1, -0.05) is 29.8 Å². The van der Waals surface area contributed by atoms with E-state index >= 15 is 0 Å². The van der Waals surface area contributed by atoms with Crippen LogP contribution in [0.5, 0.6) is 0 Å². The Kier molecular flexibility index (Phi) is 4.21. The maximum absolute atomic E-state index is 13.3. The predicted octanol–water partition coefficient (Wildman–Crippen LogP) is 2.85. The number of rotatable bonds is 3. The van der Waals surface area contributed by atoms with E-state index in [1.807, 2.05) is 36.4 Å². The lowest BCUT2D eigenvalue weighted by Gasteiger charge is -2.27. The molecule has 1 fully saturated rings. The standard InChI is InChI=1S/C20H18ClN7O/c21-16-17(22)23-12-24-19(16)26-10-4-8-14(26)18-25-27-11-5-9-15(27)20(29)28(18)13-6-2-1-3-7-13/h1-3,5-7,9,11-12,14H,4,8,10H2,(H2,22,23,24)/t14-/m0/s1. The van der Waals surface area contributed by atoms with Crippen LogP contribution in [0.4, 0.5) is 11.6 Å². The number of nitrogen functional groups attached to an aromatic ring is 1. The third-order valence-electron chi connectivity index (χ3n) is 5.23. The van der Waals surface area contributed by atoms with Gasteiger partial charge in [-0.05, 0) is 37.1 Å². The SMILES string of the molecule is Nc1ncnc(N2CCC[C@H]2c2nn3cccc3c(=O)n2-c2ccccc2)c1Cl. The van der Waals surface area contributed by atoms with E-state index in [2.05, 4.69) is 14.9 Å². The van der Waals surface area contributed by atoms with E-state index in [0.29, 0.717) is 22.2 Å². The lowest BCUT2D eigenvalue weighted by molar-refractivity contribution is 0.601. The average Bonchev–Trinajstić information content (AvgIpc) is 3.40. The van der Waals surface area contributed by atoms with Gasteiger partial charge in [0.1, 0.15) is 22.7 Å². The summed E-state index contributed by atoms with van der Waals surface area (Å²) in [5, 5.41) is 5.12. The van der Waals surface area contributed by atoms with E-state index in [1.54, 1.807) is 21.3 Å². The van der Waals surface area contributed by atoms with Crippen molar-refractivity contribution in [2.45, 2.75) is 18.9 Å². The van der Waals surface area contributed by atoms with Crippen LogP contribution in [0, 0.1) is 0 Å². The Morgan fingerprint density at radius 2 is 1.93 bits per heavy atom. The van der Waals surface area contributed by atoms with Crippen molar-refractivity contribution in [1.29, 1.82) is 0 Å². The zero-order valence-corrected chi connectivity index (χ0v) is 16.2. The second kappa shape index (κ2) is 6.89. The Hall–Kier alpha value is -3.39. The molecule has 2 N–H and O–H groups in total. The minimum atomic E-state index is -0.179. The highest BCUT2D eigenvalue weighted by Crippen LogP contribution is 2.38. The number of fused-ring (bicyclic) bond motifs is 1. The molecule has 1 aliphatic rings. The largest absolute Gasteiger partial charge is 0.382 e. The molecule has 3 aromatic heterocycles. The van der Waals surface area contributed by atoms with Crippen molar-refractivity contribution in [2.75, 3.05) is 17.2 Å². The fourth-order valence-electron chi connectivity index (χ4n) is 3.91. The summed E-state index contributed by atoms with van der Waals surface area (Å²) in [4.78, 5) is 23.7. The number of hydrogen-bond acceptors (Lipinski definition) is 6. The Labute approximate surface area is 171 Å². The van der Waals surface area contributed by atoms with Crippen LogP contribution in [0.15, 0.2) is 59.8 Å². The summed E-state index contributed by atoms with van der Waals surface area (Å²) in [5.41, 5.74) is 7.06. The molecule has 4 aromatic rings. The molecule has 8 nitrogen and oxygen atoms in total. The number of aromatic nitrogens is 5. The summed E-state index contributed by atoms with van der Waals surface area (Å²) >= 11 is 6.41. The third kappa shape index (κ3) is 2.84. The summed E-state index contributed by atoms with van der Waals surface area (Å²) in [6.45, 7) is 0.731. The molecule has 0 bridgehead atoms. The Morgan fingerprint density at radius 3 is 2.76 bits per heavy atom. The number of halogens is 1. The average molecular weight is 408 g/mol. The Morgan fingerprint density at radius 1 is 1.10 bits per heavy atom. The minimum Gasteiger partial charge on any atom is -0.382 e. The van der Waals surface area contributed by atoms with Crippen LogP contribution < -0.4 is 16.2 Å². The van der Waals surface area contributed by atoms with Crippen molar-refractivity contribution in [3.8, 4) is 5.69 Å². The summed E-state index contributed by atoms with van der Waals surface area (Å²) < 4.78 is 3.31. The van der Waals surface area contributed by atoms with E-state index in [-0.39, 0.29) is 17.4 Å². The molecular weight excluding hydrogens is 390 g/mol. The van der Waals surface area contributed by atoms with E-state index in [4.69, 9.17) is 22.4 Å². The van der Waals surface area contributed by atoms with Crippen LogP contribution in [0.3, 0.4) is 0 Å². The molecule has 0 spiro atoms. The molecule has 1 atom stereocenters. The fraction of sp³-hybridized carbons (Fsp3) is 0.200. The highest BCUT2D eigenvalue weighted by atomic mass is 35.5. The van der Waals surface area contributed by atoms with Crippen molar-refractivity contribution < 1.29 is 0 Å². The van der Waals surface area contributed by atoms with Crippen molar-refractivity contribution >= 4 is 28.8 Å². The lowest BCUT2D eigenvalue weighted by Crippen LogP contribution is -2.33. The van der Waals surface area contributed by atoms with Gasteiger partial charge < -0.3 is 10.6 Å². The number of para-hydroxylation sites is 1. The second-order valence-corrected chi connectivity index (χ2v) is 7.30. The molecular formula is C20H18ClN7O. The van der Waals surface area contributed by atoms with Crippen LogP contribution in [0.1, 0.15) is 24.7 Å². The van der Waals surface area contributed by atoms with E-state index in [9.17, 15) is 4.79 Å². The van der Waals surface area contributed by atoms with E-state index < -0.39 is 0 Å². The first-order chi connectivity index (χ1) is 14.1. The van der Waals surface area contributed by atoms with E-state index in [1.165, 1.54) is 6.33 Å². The van der Waals surface area contributed by atoms with Crippen LogP contribution in [-0.2, 0) is 0 Å². The summed E-state index contributed by atoms with van der Waals surface area (Å²) in [6, 6.07) is 12.9. The zero-order chi connectivity index (χ0) is 20.0. The molecule has 1 saturated heterocycles. The van der Waals surface area contributed by atoms with Gasteiger partial charge in [-0.25, -0.2) is 14.5 Å². The van der Waals surface area contributed by atoms with Gasteiger partial charge in [0.25, 0.3) is 5.56 Å². The smallest absolute Gasteiger partial charge is 0.282 e. The number of benzene rings is 1. The number of nitrogens with zero attached hydrogens (tertiary/aromatic N) is 6. The molecule has 29 heavy (non-hydrogen) atoms. The van der Waals surface area contributed by atoms with Gasteiger partial charge in [0.05, 0.1) is 11.7 Å². The van der Waals surface area contributed by atoms with Crippen LogP contribution in [-0.4, -0.2) is 30.7 Å². The van der Waals surface area contributed by atoms with Crippen molar-refractivity contribution in [1.82, 2.24) is 24.1 Å². The Bertz CT molecular complexity index is 1250. The zero-order valence-electron chi connectivity index (χ0n) is 15.4.